The summed E-state index contributed by atoms with van der Waals surface area (Å²) in [5, 5.41) is 9.02. The molecule has 0 aliphatic carbocycles. The molecule has 0 atom stereocenters. The minimum atomic E-state index is -4.69. The van der Waals surface area contributed by atoms with Gasteiger partial charge >= 0.3 is 12.2 Å². The molecular formula is C25H22ClF4N7O2. The van der Waals surface area contributed by atoms with Gasteiger partial charge in [0, 0.05) is 25.2 Å². The number of nitrogen functional groups attached to an aromatic ring is 1. The Labute approximate surface area is 224 Å². The summed E-state index contributed by atoms with van der Waals surface area (Å²) in [7, 11) is 0. The van der Waals surface area contributed by atoms with E-state index in [9.17, 15) is 22.4 Å². The minimum absolute atomic E-state index is 0.136. The third-order valence-corrected chi connectivity index (χ3v) is 6.53. The molecule has 0 saturated carbocycles. The number of benzene rings is 2. The monoisotopic (exact) mass is 563 g/mol. The van der Waals surface area contributed by atoms with Gasteiger partial charge in [0.15, 0.2) is 5.82 Å². The summed E-state index contributed by atoms with van der Waals surface area (Å²) in [4.78, 5) is 18.8. The molecule has 5 rings (SSSR count). The van der Waals surface area contributed by atoms with Crippen LogP contribution in [0.4, 0.5) is 39.5 Å². The van der Waals surface area contributed by atoms with Crippen LogP contribution in [0.5, 0.6) is 0 Å². The van der Waals surface area contributed by atoms with E-state index in [4.69, 9.17) is 22.1 Å². The number of urea groups is 1. The highest BCUT2D eigenvalue weighted by molar-refractivity contribution is 6.34. The molecule has 4 N–H and O–H groups in total. The summed E-state index contributed by atoms with van der Waals surface area (Å²) in [5.41, 5.74) is 7.50. The molecule has 4 aromatic rings. The lowest BCUT2D eigenvalue weighted by Gasteiger charge is -2.26. The number of nitrogens with one attached hydrogen (secondary N) is 2. The van der Waals surface area contributed by atoms with Crippen LogP contribution in [0, 0.1) is 5.82 Å². The van der Waals surface area contributed by atoms with Crippen LogP contribution in [0.2, 0.25) is 5.02 Å². The summed E-state index contributed by atoms with van der Waals surface area (Å²) in [6.07, 6.45) is -3.32. The number of fused-ring (bicyclic) bond motifs is 1. The Hall–Kier alpha value is -3.94. The molecule has 0 radical (unpaired) electrons. The zero-order valence-corrected chi connectivity index (χ0v) is 21.0. The number of ether oxygens (including phenoxy) is 1. The lowest BCUT2D eigenvalue weighted by molar-refractivity contribution is -0.137. The quantitative estimate of drug-likeness (QED) is 0.286. The number of carbonyl (C=O) groups excluding carboxylic acids is 1. The number of carbonyl (C=O) groups is 1. The Morgan fingerprint density at radius 1 is 1.08 bits per heavy atom. The molecular weight excluding hydrogens is 542 g/mol. The average Bonchev–Trinajstić information content (AvgIpc) is 3.26. The van der Waals surface area contributed by atoms with E-state index < -0.39 is 29.3 Å². The number of hydrogen-bond donors (Lipinski definition) is 3. The summed E-state index contributed by atoms with van der Waals surface area (Å²) < 4.78 is 60.1. The van der Waals surface area contributed by atoms with Gasteiger partial charge in [0.05, 0.1) is 40.9 Å². The predicted octanol–water partition coefficient (Wildman–Crippen LogP) is 5.27. The standard InChI is InChI=1S/C25H22ClF4N7O2/c26-18-9-14(1-4-20(18)34-24(38)35-21-10-15(25(28,29)30)2-3-19(21)27)17-11-16(12-36-5-7-39-8-6-36)37-22(17)23(31)32-13-33-37/h1-4,9-11,13H,5-8,12H2,(H2,31,32,33)(H2,34,35,38). The average molecular weight is 564 g/mol. The second kappa shape index (κ2) is 10.7. The second-order valence-electron chi connectivity index (χ2n) is 8.81. The van der Waals surface area contributed by atoms with Crippen LogP contribution in [0.1, 0.15) is 11.3 Å². The molecule has 9 nitrogen and oxygen atoms in total. The van der Waals surface area contributed by atoms with Crippen LogP contribution in [-0.4, -0.2) is 51.8 Å². The molecule has 3 heterocycles. The maximum absolute atomic E-state index is 14.0. The van der Waals surface area contributed by atoms with Gasteiger partial charge in [-0.15, -0.1) is 0 Å². The van der Waals surface area contributed by atoms with Crippen molar-refractivity contribution in [1.29, 1.82) is 0 Å². The smallest absolute Gasteiger partial charge is 0.382 e. The molecule has 1 fully saturated rings. The molecule has 1 saturated heterocycles. The Balaban J connectivity index is 1.38. The van der Waals surface area contributed by atoms with Gasteiger partial charge in [0.1, 0.15) is 17.7 Å². The van der Waals surface area contributed by atoms with E-state index in [1.54, 1.807) is 16.6 Å². The molecule has 1 aliphatic heterocycles. The lowest BCUT2D eigenvalue weighted by atomic mass is 10.1. The lowest BCUT2D eigenvalue weighted by Crippen LogP contribution is -2.36. The van der Waals surface area contributed by atoms with Crippen LogP contribution in [-0.2, 0) is 17.5 Å². The number of hydrogen-bond acceptors (Lipinski definition) is 6. The van der Waals surface area contributed by atoms with E-state index in [1.165, 1.54) is 12.4 Å². The first-order valence-corrected chi connectivity index (χ1v) is 12.1. The Morgan fingerprint density at radius 2 is 1.82 bits per heavy atom. The van der Waals surface area contributed by atoms with Crippen LogP contribution in [0.25, 0.3) is 16.6 Å². The van der Waals surface area contributed by atoms with E-state index >= 15 is 0 Å². The van der Waals surface area contributed by atoms with Gasteiger partial charge in [-0.3, -0.25) is 4.90 Å². The van der Waals surface area contributed by atoms with Crippen molar-refractivity contribution in [2.45, 2.75) is 12.7 Å². The topological polar surface area (TPSA) is 110 Å². The molecule has 204 valence electrons. The molecule has 2 aromatic heterocycles. The van der Waals surface area contributed by atoms with E-state index in [-0.39, 0.29) is 16.5 Å². The SMILES string of the molecule is Nc1ncnn2c(CN3CCOCC3)cc(-c3ccc(NC(=O)Nc4cc(C(F)(F)F)ccc4F)c(Cl)c3)c12. The molecule has 2 aromatic carbocycles. The van der Waals surface area contributed by atoms with Crippen molar-refractivity contribution >= 4 is 40.3 Å². The highest BCUT2D eigenvalue weighted by Crippen LogP contribution is 2.35. The third-order valence-electron chi connectivity index (χ3n) is 6.22. The van der Waals surface area contributed by atoms with Crippen LogP contribution < -0.4 is 16.4 Å². The first kappa shape index (κ1) is 26.7. The van der Waals surface area contributed by atoms with Crippen molar-refractivity contribution in [3.05, 3.63) is 70.9 Å². The van der Waals surface area contributed by atoms with Crippen LogP contribution >= 0.6 is 11.6 Å². The van der Waals surface area contributed by atoms with Gasteiger partial charge in [0.25, 0.3) is 0 Å². The number of rotatable bonds is 5. The predicted molar refractivity (Wildman–Crippen MR) is 138 cm³/mol. The highest BCUT2D eigenvalue weighted by Gasteiger charge is 2.31. The van der Waals surface area contributed by atoms with E-state index in [2.05, 4.69) is 25.6 Å². The zero-order chi connectivity index (χ0) is 27.7. The van der Waals surface area contributed by atoms with Gasteiger partial charge in [0.2, 0.25) is 0 Å². The normalized spacial score (nSPS) is 14.5. The van der Waals surface area contributed by atoms with E-state index in [0.717, 1.165) is 24.3 Å². The van der Waals surface area contributed by atoms with Gasteiger partial charge in [-0.2, -0.15) is 18.3 Å². The number of nitrogens with zero attached hydrogens (tertiary/aromatic N) is 4. The molecule has 39 heavy (non-hydrogen) atoms. The maximum atomic E-state index is 14.0. The van der Waals surface area contributed by atoms with Crippen molar-refractivity contribution in [3.63, 3.8) is 0 Å². The summed E-state index contributed by atoms with van der Waals surface area (Å²) in [6.45, 7) is 3.46. The summed E-state index contributed by atoms with van der Waals surface area (Å²) in [6, 6.07) is 7.51. The fourth-order valence-electron chi connectivity index (χ4n) is 4.31. The Bertz CT molecular complexity index is 1540. The van der Waals surface area contributed by atoms with E-state index in [1.807, 2.05) is 6.07 Å². The maximum Gasteiger partial charge on any atom is 0.416 e. The van der Waals surface area contributed by atoms with Crippen molar-refractivity contribution < 1.29 is 27.1 Å². The van der Waals surface area contributed by atoms with Gasteiger partial charge in [-0.05, 0) is 42.0 Å². The number of amides is 2. The first-order chi connectivity index (χ1) is 18.6. The molecule has 0 spiro atoms. The van der Waals surface area contributed by atoms with Gasteiger partial charge in [-0.25, -0.2) is 18.7 Å². The van der Waals surface area contributed by atoms with Crippen molar-refractivity contribution in [2.75, 3.05) is 42.7 Å². The van der Waals surface area contributed by atoms with Crippen molar-refractivity contribution in [3.8, 4) is 11.1 Å². The third kappa shape index (κ3) is 5.75. The molecule has 0 bridgehead atoms. The fourth-order valence-corrected chi connectivity index (χ4v) is 4.54. The van der Waals surface area contributed by atoms with Crippen molar-refractivity contribution in [2.24, 2.45) is 0 Å². The summed E-state index contributed by atoms with van der Waals surface area (Å²) >= 11 is 6.44. The van der Waals surface area contributed by atoms with Gasteiger partial charge in [-0.1, -0.05) is 17.7 Å². The minimum Gasteiger partial charge on any atom is -0.382 e. The number of anilines is 3. The number of morpholine rings is 1. The summed E-state index contributed by atoms with van der Waals surface area (Å²) in [5.74, 6) is -0.748. The molecule has 2 amide bonds. The van der Waals surface area contributed by atoms with Crippen LogP contribution in [0.15, 0.2) is 48.8 Å². The molecule has 14 heteroatoms. The largest absolute Gasteiger partial charge is 0.416 e. The number of halogens is 5. The van der Waals surface area contributed by atoms with E-state index in [0.29, 0.717) is 49.0 Å². The van der Waals surface area contributed by atoms with Crippen molar-refractivity contribution in [1.82, 2.24) is 19.5 Å². The fraction of sp³-hybridized carbons (Fsp3) is 0.240. The first-order valence-electron chi connectivity index (χ1n) is 11.8. The number of aromatic nitrogens is 3. The van der Waals surface area contributed by atoms with Crippen LogP contribution in [0.3, 0.4) is 0 Å². The Morgan fingerprint density at radius 3 is 2.54 bits per heavy atom. The highest BCUT2D eigenvalue weighted by atomic mass is 35.5. The number of nitrogens with two attached hydrogens (primary N) is 1. The number of alkyl halides is 3. The second-order valence-corrected chi connectivity index (χ2v) is 9.22. The molecule has 0 unspecified atom stereocenters. The Kier molecular flexibility index (Phi) is 7.30. The van der Waals surface area contributed by atoms with Gasteiger partial charge < -0.3 is 21.1 Å². The molecule has 1 aliphatic rings. The zero-order valence-electron chi connectivity index (χ0n) is 20.2.